The van der Waals surface area contributed by atoms with Gasteiger partial charge >= 0.3 is 0 Å². The molecule has 0 atom stereocenters. The van der Waals surface area contributed by atoms with Gasteiger partial charge in [0.15, 0.2) is 5.96 Å². The van der Waals surface area contributed by atoms with Gasteiger partial charge in [-0.25, -0.2) is 4.39 Å². The summed E-state index contributed by atoms with van der Waals surface area (Å²) in [6, 6.07) is 6.96. The van der Waals surface area contributed by atoms with Crippen molar-refractivity contribution in [3.8, 4) is 0 Å². The Hall–Kier alpha value is -1.38. The van der Waals surface area contributed by atoms with Crippen LogP contribution in [0.2, 0.25) is 0 Å². The highest BCUT2D eigenvalue weighted by molar-refractivity contribution is 14.0. The highest BCUT2D eigenvalue weighted by Crippen LogP contribution is 2.17. The standard InChI is InChI=1S/C20H31FN4O.HI/c1-2-22-20(23-13-11-16-7-6-8-17(21)15-16)24-14-12-19(26)25-18-9-4-3-5-10-18;/h6-8,15,18H,2-5,9-14H2,1H3,(H,25,26)(H2,22,23,24);1H. The third-order valence-electron chi connectivity index (χ3n) is 4.52. The van der Waals surface area contributed by atoms with Crippen molar-refractivity contribution in [2.45, 2.75) is 57.9 Å². The second kappa shape index (κ2) is 13.7. The molecule has 7 heteroatoms. The van der Waals surface area contributed by atoms with Crippen molar-refractivity contribution in [2.24, 2.45) is 4.99 Å². The van der Waals surface area contributed by atoms with Crippen LogP contribution in [0.1, 0.15) is 51.0 Å². The van der Waals surface area contributed by atoms with E-state index >= 15 is 0 Å². The first-order chi connectivity index (χ1) is 12.7. The minimum atomic E-state index is -0.216. The quantitative estimate of drug-likeness (QED) is 0.298. The molecule has 1 aliphatic rings. The maximum Gasteiger partial charge on any atom is 0.222 e. The summed E-state index contributed by atoms with van der Waals surface area (Å²) in [6.45, 7) is 3.86. The molecule has 0 heterocycles. The van der Waals surface area contributed by atoms with Gasteiger partial charge in [-0.3, -0.25) is 9.79 Å². The number of guanidine groups is 1. The van der Waals surface area contributed by atoms with Crippen LogP contribution in [-0.4, -0.2) is 37.5 Å². The van der Waals surface area contributed by atoms with E-state index < -0.39 is 0 Å². The van der Waals surface area contributed by atoms with Crippen molar-refractivity contribution in [1.29, 1.82) is 0 Å². The molecule has 2 rings (SSSR count). The van der Waals surface area contributed by atoms with E-state index in [2.05, 4.69) is 20.9 Å². The van der Waals surface area contributed by atoms with E-state index in [1.807, 2.05) is 13.0 Å². The zero-order chi connectivity index (χ0) is 18.6. The monoisotopic (exact) mass is 490 g/mol. The number of carbonyl (C=O) groups is 1. The first kappa shape index (κ1) is 23.7. The molecule has 3 N–H and O–H groups in total. The first-order valence-electron chi connectivity index (χ1n) is 9.73. The highest BCUT2D eigenvalue weighted by atomic mass is 127. The Balaban J connectivity index is 0.00000364. The molecule has 0 radical (unpaired) electrons. The van der Waals surface area contributed by atoms with Gasteiger partial charge < -0.3 is 16.0 Å². The minimum absolute atomic E-state index is 0. The molecule has 1 aliphatic carbocycles. The number of nitrogens with zero attached hydrogens (tertiary/aromatic N) is 1. The number of aliphatic imine (C=N–C) groups is 1. The van der Waals surface area contributed by atoms with Crippen LogP contribution < -0.4 is 16.0 Å². The van der Waals surface area contributed by atoms with Gasteiger partial charge in [-0.05, 0) is 43.9 Å². The molecule has 0 spiro atoms. The second-order valence-electron chi connectivity index (χ2n) is 6.72. The predicted molar refractivity (Wildman–Crippen MR) is 119 cm³/mol. The van der Waals surface area contributed by atoms with Gasteiger partial charge in [-0.2, -0.15) is 0 Å². The normalized spacial score (nSPS) is 15.0. The van der Waals surface area contributed by atoms with Crippen molar-refractivity contribution >= 4 is 35.8 Å². The van der Waals surface area contributed by atoms with Gasteiger partial charge in [-0.1, -0.05) is 31.4 Å². The molecule has 0 aliphatic heterocycles. The number of halogens is 2. The fourth-order valence-corrected chi connectivity index (χ4v) is 3.18. The van der Waals surface area contributed by atoms with Crippen LogP contribution in [0.3, 0.4) is 0 Å². The maximum atomic E-state index is 13.2. The molecular weight excluding hydrogens is 458 g/mol. The molecule has 27 heavy (non-hydrogen) atoms. The van der Waals surface area contributed by atoms with Gasteiger partial charge in [0.1, 0.15) is 5.82 Å². The molecule has 1 saturated carbocycles. The summed E-state index contributed by atoms with van der Waals surface area (Å²) in [4.78, 5) is 16.5. The van der Waals surface area contributed by atoms with Gasteiger partial charge in [0.2, 0.25) is 5.91 Å². The number of hydrogen-bond acceptors (Lipinski definition) is 2. The molecule has 1 aromatic rings. The Labute approximate surface area is 179 Å². The molecule has 152 valence electrons. The molecular formula is C20H32FIN4O. The molecule has 0 aromatic heterocycles. The van der Waals surface area contributed by atoms with Gasteiger partial charge in [-0.15, -0.1) is 24.0 Å². The van der Waals surface area contributed by atoms with Crippen LogP contribution in [0.4, 0.5) is 4.39 Å². The predicted octanol–water partition coefficient (Wildman–Crippen LogP) is 3.38. The van der Waals surface area contributed by atoms with E-state index in [1.165, 1.54) is 25.3 Å². The Bertz CT molecular complexity index is 591. The van der Waals surface area contributed by atoms with Crippen LogP contribution in [0.25, 0.3) is 0 Å². The average molecular weight is 490 g/mol. The van der Waals surface area contributed by atoms with Crippen LogP contribution >= 0.6 is 24.0 Å². The van der Waals surface area contributed by atoms with Crippen LogP contribution in [0.5, 0.6) is 0 Å². The number of hydrogen-bond donors (Lipinski definition) is 3. The van der Waals surface area contributed by atoms with Crippen LogP contribution in [-0.2, 0) is 11.2 Å². The number of benzene rings is 1. The summed E-state index contributed by atoms with van der Waals surface area (Å²) in [6.07, 6.45) is 7.01. The molecule has 1 amide bonds. The molecule has 0 saturated heterocycles. The third-order valence-corrected chi connectivity index (χ3v) is 4.52. The molecule has 0 unspecified atom stereocenters. The van der Waals surface area contributed by atoms with Gasteiger partial charge in [0, 0.05) is 25.6 Å². The summed E-state index contributed by atoms with van der Waals surface area (Å²) in [5, 5.41) is 9.51. The Kier molecular flexibility index (Phi) is 12.0. The van der Waals surface area contributed by atoms with E-state index in [0.29, 0.717) is 37.9 Å². The van der Waals surface area contributed by atoms with Crippen LogP contribution in [0, 0.1) is 5.82 Å². The Morgan fingerprint density at radius 1 is 1.22 bits per heavy atom. The van der Waals surface area contributed by atoms with Crippen LogP contribution in [0.15, 0.2) is 29.3 Å². The SMILES string of the molecule is CCNC(=NCCC(=O)NC1CCCCC1)NCCc1cccc(F)c1.I. The van der Waals surface area contributed by atoms with E-state index in [9.17, 15) is 9.18 Å². The fraction of sp³-hybridized carbons (Fsp3) is 0.600. The minimum Gasteiger partial charge on any atom is -0.357 e. The lowest BCUT2D eigenvalue weighted by Gasteiger charge is -2.22. The summed E-state index contributed by atoms with van der Waals surface area (Å²) in [5.41, 5.74) is 0.945. The highest BCUT2D eigenvalue weighted by Gasteiger charge is 2.15. The second-order valence-corrected chi connectivity index (χ2v) is 6.72. The lowest BCUT2D eigenvalue weighted by atomic mass is 9.95. The summed E-state index contributed by atoms with van der Waals surface area (Å²) in [5.74, 6) is 0.553. The Morgan fingerprint density at radius 2 is 2.00 bits per heavy atom. The lowest BCUT2D eigenvalue weighted by Crippen LogP contribution is -2.39. The summed E-state index contributed by atoms with van der Waals surface area (Å²) >= 11 is 0. The largest absolute Gasteiger partial charge is 0.357 e. The fourth-order valence-electron chi connectivity index (χ4n) is 3.18. The topological polar surface area (TPSA) is 65.5 Å². The van der Waals surface area contributed by atoms with E-state index in [4.69, 9.17) is 0 Å². The first-order valence-corrected chi connectivity index (χ1v) is 9.73. The van der Waals surface area contributed by atoms with Crippen molar-refractivity contribution in [3.05, 3.63) is 35.6 Å². The number of carbonyl (C=O) groups excluding carboxylic acids is 1. The zero-order valence-electron chi connectivity index (χ0n) is 16.1. The molecule has 0 bridgehead atoms. The van der Waals surface area contributed by atoms with Crippen molar-refractivity contribution < 1.29 is 9.18 Å². The van der Waals surface area contributed by atoms with E-state index in [1.54, 1.807) is 12.1 Å². The zero-order valence-corrected chi connectivity index (χ0v) is 18.4. The maximum absolute atomic E-state index is 13.2. The lowest BCUT2D eigenvalue weighted by molar-refractivity contribution is -0.121. The van der Waals surface area contributed by atoms with Gasteiger partial charge in [0.25, 0.3) is 0 Å². The molecule has 1 fully saturated rings. The summed E-state index contributed by atoms with van der Waals surface area (Å²) < 4.78 is 13.2. The van der Waals surface area contributed by atoms with Crippen molar-refractivity contribution in [1.82, 2.24) is 16.0 Å². The third kappa shape index (κ3) is 9.93. The molecule has 5 nitrogen and oxygen atoms in total. The average Bonchev–Trinajstić information content (AvgIpc) is 2.62. The number of amides is 1. The molecule has 1 aromatic carbocycles. The van der Waals surface area contributed by atoms with E-state index in [0.717, 1.165) is 24.9 Å². The van der Waals surface area contributed by atoms with E-state index in [-0.39, 0.29) is 35.7 Å². The van der Waals surface area contributed by atoms with Gasteiger partial charge in [0.05, 0.1) is 6.54 Å². The number of rotatable bonds is 8. The Morgan fingerprint density at radius 3 is 2.70 bits per heavy atom. The summed E-state index contributed by atoms with van der Waals surface area (Å²) in [7, 11) is 0. The van der Waals surface area contributed by atoms with Crippen molar-refractivity contribution in [3.63, 3.8) is 0 Å². The smallest absolute Gasteiger partial charge is 0.222 e. The van der Waals surface area contributed by atoms with Crippen molar-refractivity contribution in [2.75, 3.05) is 19.6 Å². The number of nitrogens with one attached hydrogen (secondary N) is 3.